The van der Waals surface area contributed by atoms with Gasteiger partial charge < -0.3 is 14.6 Å². The van der Waals surface area contributed by atoms with E-state index in [9.17, 15) is 33.5 Å². The van der Waals surface area contributed by atoms with Gasteiger partial charge in [-0.2, -0.15) is 19.2 Å². The lowest BCUT2D eigenvalue weighted by Crippen LogP contribution is -2.39. The second kappa shape index (κ2) is 14.7. The van der Waals surface area contributed by atoms with Crippen LogP contribution in [-0.4, -0.2) is 88.3 Å². The van der Waals surface area contributed by atoms with E-state index in [0.29, 0.717) is 41.0 Å². The minimum absolute atomic E-state index is 0.0374. The van der Waals surface area contributed by atoms with E-state index in [1.807, 2.05) is 20.8 Å². The molecular weight excluding hydrogens is 739 g/mol. The zero-order chi connectivity index (χ0) is 40.0. The zero-order valence-electron chi connectivity index (χ0n) is 30.8. The van der Waals surface area contributed by atoms with Crippen LogP contribution in [0.4, 0.5) is 25.6 Å². The number of anilines is 2. The molecule has 4 heterocycles. The van der Waals surface area contributed by atoms with E-state index in [1.165, 1.54) is 37.3 Å². The van der Waals surface area contributed by atoms with Crippen LogP contribution in [0, 0.1) is 5.82 Å². The van der Waals surface area contributed by atoms with E-state index >= 15 is 0 Å². The summed E-state index contributed by atoms with van der Waals surface area (Å²) in [6, 6.07) is 6.61. The number of rotatable bonds is 8. The first kappa shape index (κ1) is 38.7. The highest BCUT2D eigenvalue weighted by Gasteiger charge is 2.40. The van der Waals surface area contributed by atoms with Crippen LogP contribution in [0.2, 0.25) is 5.15 Å². The molecule has 0 spiro atoms. The summed E-state index contributed by atoms with van der Waals surface area (Å²) >= 11 is 6.07. The lowest BCUT2D eigenvalue weighted by atomic mass is 10.1. The van der Waals surface area contributed by atoms with Gasteiger partial charge in [0.2, 0.25) is 0 Å². The maximum Gasteiger partial charge on any atom is 0.416 e. The smallest absolute Gasteiger partial charge is 0.416 e. The monoisotopic (exact) mass is 776 g/mol. The van der Waals surface area contributed by atoms with Gasteiger partial charge in [-0.05, 0) is 85.4 Å². The zero-order valence-corrected chi connectivity index (χ0v) is 31.6. The molecule has 1 N–H and O–H groups in total. The Morgan fingerprint density at radius 2 is 1.27 bits per heavy atom. The SMILES string of the molecule is CC(C)(C)OC(=O)N(c1cc(-c2ccc(F)c(C(=O)O)c2)nc2c(C=O)cnn12)C1CC1.CC(C)(C)OC(=O)N(c1cc(Cl)nc2c(C=O)cnn12)C1CC1. The second-order valence-electron chi connectivity index (χ2n) is 15.0. The van der Waals surface area contributed by atoms with E-state index in [4.69, 9.17) is 21.1 Å². The molecule has 2 aliphatic rings. The molecular formula is C37H38ClFN8O8. The average Bonchev–Trinajstić information content (AvgIpc) is 4.02. The first-order valence-electron chi connectivity index (χ1n) is 17.3. The Balaban J connectivity index is 0.000000197. The largest absolute Gasteiger partial charge is 0.478 e. The van der Waals surface area contributed by atoms with Crippen molar-refractivity contribution < 1.29 is 42.9 Å². The Kier molecular flexibility index (Phi) is 10.4. The molecule has 16 nitrogen and oxygen atoms in total. The maximum absolute atomic E-state index is 13.9. The molecule has 0 aliphatic heterocycles. The Morgan fingerprint density at radius 1 is 0.800 bits per heavy atom. The molecule has 0 atom stereocenters. The van der Waals surface area contributed by atoms with Gasteiger partial charge in [-0.15, -0.1) is 0 Å². The summed E-state index contributed by atoms with van der Waals surface area (Å²) in [6.07, 6.45) is 6.21. The highest BCUT2D eigenvalue weighted by molar-refractivity contribution is 6.30. The average molecular weight is 777 g/mol. The number of carboxylic acid groups (broad SMARTS) is 1. The quantitative estimate of drug-likeness (QED) is 0.125. The third-order valence-corrected chi connectivity index (χ3v) is 8.37. The maximum atomic E-state index is 13.9. The third kappa shape index (κ3) is 8.56. The van der Waals surface area contributed by atoms with E-state index < -0.39 is 40.7 Å². The van der Waals surface area contributed by atoms with Crippen LogP contribution in [0.1, 0.15) is 98.3 Å². The number of benzene rings is 1. The van der Waals surface area contributed by atoms with Gasteiger partial charge in [0.1, 0.15) is 33.8 Å². The molecule has 0 bridgehead atoms. The van der Waals surface area contributed by atoms with E-state index in [1.54, 1.807) is 32.9 Å². The first-order valence-corrected chi connectivity index (χ1v) is 17.7. The molecule has 55 heavy (non-hydrogen) atoms. The number of aromatic carboxylic acids is 1. The molecule has 4 aromatic heterocycles. The second-order valence-corrected chi connectivity index (χ2v) is 15.4. The molecule has 5 aromatic rings. The van der Waals surface area contributed by atoms with Crippen molar-refractivity contribution in [2.24, 2.45) is 0 Å². The lowest BCUT2D eigenvalue weighted by molar-refractivity contribution is 0.0564. The van der Waals surface area contributed by atoms with E-state index in [0.717, 1.165) is 37.8 Å². The number of hydrogen-bond donors (Lipinski definition) is 1. The number of nitrogens with zero attached hydrogens (tertiary/aromatic N) is 8. The molecule has 2 aliphatic carbocycles. The molecule has 2 amide bonds. The van der Waals surface area contributed by atoms with Gasteiger partial charge >= 0.3 is 18.2 Å². The number of carbonyl (C=O) groups is 5. The van der Waals surface area contributed by atoms with Crippen LogP contribution in [-0.2, 0) is 9.47 Å². The number of carboxylic acids is 1. The molecule has 1 aromatic carbocycles. The summed E-state index contributed by atoms with van der Waals surface area (Å²) in [7, 11) is 0. The molecule has 0 saturated heterocycles. The summed E-state index contributed by atoms with van der Waals surface area (Å²) in [5.74, 6) is -1.54. The molecule has 2 fully saturated rings. The number of carbonyl (C=O) groups excluding carboxylic acids is 4. The fourth-order valence-corrected chi connectivity index (χ4v) is 5.73. The summed E-state index contributed by atoms with van der Waals surface area (Å²) < 4.78 is 27.8. The van der Waals surface area contributed by atoms with Crippen LogP contribution in [0.25, 0.3) is 22.6 Å². The normalized spacial score (nSPS) is 14.2. The van der Waals surface area contributed by atoms with Crippen molar-refractivity contribution in [1.29, 1.82) is 0 Å². The van der Waals surface area contributed by atoms with Crippen molar-refractivity contribution in [1.82, 2.24) is 29.2 Å². The number of hydrogen-bond acceptors (Lipinski definition) is 11. The number of aromatic nitrogens is 6. The fraction of sp³-hybridized carbons (Fsp3) is 0.378. The highest BCUT2D eigenvalue weighted by Crippen LogP contribution is 2.36. The van der Waals surface area contributed by atoms with E-state index in [-0.39, 0.29) is 34.1 Å². The van der Waals surface area contributed by atoms with E-state index in [2.05, 4.69) is 20.2 Å². The molecule has 288 valence electrons. The highest BCUT2D eigenvalue weighted by atomic mass is 35.5. The van der Waals surface area contributed by atoms with Gasteiger partial charge in [0.25, 0.3) is 0 Å². The number of amides is 2. The van der Waals surface area contributed by atoms with Crippen LogP contribution in [0.15, 0.2) is 42.7 Å². The van der Waals surface area contributed by atoms with Crippen LogP contribution in [0.3, 0.4) is 0 Å². The van der Waals surface area contributed by atoms with Gasteiger partial charge in [0.15, 0.2) is 23.9 Å². The van der Waals surface area contributed by atoms with Crippen molar-refractivity contribution in [2.45, 2.75) is 90.5 Å². The predicted octanol–water partition coefficient (Wildman–Crippen LogP) is 7.05. The molecule has 2 saturated carbocycles. The third-order valence-electron chi connectivity index (χ3n) is 8.17. The summed E-state index contributed by atoms with van der Waals surface area (Å²) in [5.41, 5.74) is -0.288. The van der Waals surface area contributed by atoms with Crippen molar-refractivity contribution in [2.75, 3.05) is 9.80 Å². The van der Waals surface area contributed by atoms with Gasteiger partial charge in [-0.25, -0.2) is 28.7 Å². The van der Waals surface area contributed by atoms with Crippen molar-refractivity contribution in [3.63, 3.8) is 0 Å². The molecule has 0 unspecified atom stereocenters. The van der Waals surface area contributed by atoms with Crippen LogP contribution >= 0.6 is 11.6 Å². The standard InChI is InChI=1S/C22H21FN4O5.C15H17ClN4O3/c1-22(2,3)32-21(31)26(14-5-6-14)18-9-17(25-19-13(11-28)10-24-27(18)19)12-4-7-16(23)15(8-12)20(29)30;1-15(2,3)23-14(22)19(10-4-5-10)12-6-11(16)18-13-9(8-21)7-17-20(12)13/h4,7-11,14H,5-6H2,1-3H3,(H,29,30);6-8,10H,4-5H2,1-3H3. The summed E-state index contributed by atoms with van der Waals surface area (Å²) in [6.45, 7) is 10.7. The number of fused-ring (bicyclic) bond motifs is 2. The minimum atomic E-state index is -1.42. The fourth-order valence-electron chi connectivity index (χ4n) is 5.55. The van der Waals surface area contributed by atoms with Gasteiger partial charge in [-0.1, -0.05) is 11.6 Å². The Hall–Kier alpha value is -5.97. The van der Waals surface area contributed by atoms with Gasteiger partial charge in [0, 0.05) is 29.8 Å². The predicted molar refractivity (Wildman–Crippen MR) is 198 cm³/mol. The Bertz CT molecular complexity index is 2340. The lowest BCUT2D eigenvalue weighted by Gasteiger charge is -2.27. The molecule has 18 heteroatoms. The van der Waals surface area contributed by atoms with Gasteiger partial charge in [0.05, 0.1) is 34.8 Å². The number of aldehydes is 2. The molecule has 7 rings (SSSR count). The first-order chi connectivity index (χ1) is 25.9. The molecule has 0 radical (unpaired) electrons. The van der Waals surface area contributed by atoms with Crippen LogP contribution < -0.4 is 9.80 Å². The number of halogens is 2. The van der Waals surface area contributed by atoms with Crippen molar-refractivity contribution in [3.8, 4) is 11.3 Å². The topological polar surface area (TPSA) is 191 Å². The van der Waals surface area contributed by atoms with Crippen molar-refractivity contribution in [3.05, 3.63) is 70.4 Å². The van der Waals surface area contributed by atoms with Crippen LogP contribution in [0.5, 0.6) is 0 Å². The Morgan fingerprint density at radius 3 is 1.71 bits per heavy atom. The summed E-state index contributed by atoms with van der Waals surface area (Å²) in [4.78, 5) is 71.2. The summed E-state index contributed by atoms with van der Waals surface area (Å²) in [5, 5.41) is 17.8. The minimum Gasteiger partial charge on any atom is -0.478 e. The number of ether oxygens (including phenoxy) is 2. The van der Waals surface area contributed by atoms with Crippen molar-refractivity contribution >= 4 is 65.3 Å². The van der Waals surface area contributed by atoms with Gasteiger partial charge in [-0.3, -0.25) is 19.4 Å². The Labute approximate surface area is 318 Å².